The number of carbonyl (C=O) groups is 3. The molecule has 7 nitrogen and oxygen atoms in total. The zero-order chi connectivity index (χ0) is 18.7. The van der Waals surface area contributed by atoms with Crippen LogP contribution >= 0.6 is 11.6 Å². The van der Waals surface area contributed by atoms with Crippen molar-refractivity contribution in [1.29, 1.82) is 0 Å². The highest BCUT2D eigenvalue weighted by Crippen LogP contribution is 2.28. The van der Waals surface area contributed by atoms with E-state index in [1.54, 1.807) is 0 Å². The third-order valence-electron chi connectivity index (χ3n) is 4.43. The lowest BCUT2D eigenvalue weighted by atomic mass is 9.86. The molecule has 1 atom stereocenters. The first-order valence-corrected chi connectivity index (χ1v) is 8.63. The summed E-state index contributed by atoms with van der Waals surface area (Å²) >= 11 is 5.85. The predicted molar refractivity (Wildman–Crippen MR) is 94.4 cm³/mol. The van der Waals surface area contributed by atoms with E-state index in [2.05, 4.69) is 16.9 Å². The lowest BCUT2D eigenvalue weighted by Gasteiger charge is -2.34. The van der Waals surface area contributed by atoms with E-state index >= 15 is 0 Å². The number of carbonyl (C=O) groups excluding carboxylic acids is 3. The molecular formula is C18H18ClN3O4. The van der Waals surface area contributed by atoms with Gasteiger partial charge in [-0.2, -0.15) is 0 Å². The molecule has 136 valence electrons. The summed E-state index contributed by atoms with van der Waals surface area (Å²) in [7, 11) is 0. The van der Waals surface area contributed by atoms with Gasteiger partial charge < -0.3 is 10.1 Å². The molecule has 0 spiro atoms. The van der Waals surface area contributed by atoms with Crippen LogP contribution in [0, 0.1) is 5.92 Å². The summed E-state index contributed by atoms with van der Waals surface area (Å²) in [5.41, 5.74) is 0. The summed E-state index contributed by atoms with van der Waals surface area (Å²) in [6.45, 7) is 4.97. The zero-order valence-corrected chi connectivity index (χ0v) is 14.7. The van der Waals surface area contributed by atoms with Crippen molar-refractivity contribution in [3.05, 3.63) is 48.0 Å². The van der Waals surface area contributed by atoms with Crippen molar-refractivity contribution < 1.29 is 19.1 Å². The number of amides is 2. The van der Waals surface area contributed by atoms with E-state index in [0.717, 1.165) is 30.1 Å². The fourth-order valence-electron chi connectivity index (χ4n) is 3.23. The lowest BCUT2D eigenvalue weighted by Crippen LogP contribution is -2.51. The van der Waals surface area contributed by atoms with E-state index in [4.69, 9.17) is 16.3 Å². The predicted octanol–water partition coefficient (Wildman–Crippen LogP) is 1.49. The SMILES string of the molecule is C=CC(=O)C(C1CCNCC1)N1C(=O)C=C(Oc2cncc(Cl)c2)C1=O. The van der Waals surface area contributed by atoms with E-state index in [-0.39, 0.29) is 23.2 Å². The van der Waals surface area contributed by atoms with E-state index in [1.165, 1.54) is 18.5 Å². The maximum atomic E-state index is 12.8. The Balaban J connectivity index is 1.83. The first kappa shape index (κ1) is 18.3. The minimum Gasteiger partial charge on any atom is -0.450 e. The van der Waals surface area contributed by atoms with Gasteiger partial charge in [0.05, 0.1) is 17.3 Å². The summed E-state index contributed by atoms with van der Waals surface area (Å²) in [4.78, 5) is 42.5. The number of pyridine rings is 1. The third-order valence-corrected chi connectivity index (χ3v) is 4.64. The van der Waals surface area contributed by atoms with Crippen LogP contribution in [0.25, 0.3) is 0 Å². The third kappa shape index (κ3) is 3.68. The number of aromatic nitrogens is 1. The van der Waals surface area contributed by atoms with E-state index in [1.807, 2.05) is 0 Å². The molecular weight excluding hydrogens is 358 g/mol. The zero-order valence-electron chi connectivity index (χ0n) is 14.0. The second-order valence-corrected chi connectivity index (χ2v) is 6.54. The van der Waals surface area contributed by atoms with Crippen LogP contribution in [0.3, 0.4) is 0 Å². The van der Waals surface area contributed by atoms with E-state index in [0.29, 0.717) is 17.9 Å². The van der Waals surface area contributed by atoms with Gasteiger partial charge in [0.15, 0.2) is 11.5 Å². The van der Waals surface area contributed by atoms with Crippen molar-refractivity contribution in [2.45, 2.75) is 18.9 Å². The highest BCUT2D eigenvalue weighted by atomic mass is 35.5. The summed E-state index contributed by atoms with van der Waals surface area (Å²) < 4.78 is 5.47. The molecule has 0 aliphatic carbocycles. The highest BCUT2D eigenvalue weighted by molar-refractivity contribution is 6.30. The summed E-state index contributed by atoms with van der Waals surface area (Å²) in [6, 6.07) is 0.610. The van der Waals surface area contributed by atoms with Gasteiger partial charge in [-0.3, -0.25) is 24.3 Å². The minimum absolute atomic E-state index is 0.116. The van der Waals surface area contributed by atoms with Crippen LogP contribution in [0.1, 0.15) is 12.8 Å². The van der Waals surface area contributed by atoms with Crippen LogP contribution in [0.4, 0.5) is 0 Å². The Labute approximate surface area is 155 Å². The fourth-order valence-corrected chi connectivity index (χ4v) is 3.39. The second kappa shape index (κ2) is 7.80. The Bertz CT molecular complexity index is 786. The summed E-state index contributed by atoms with van der Waals surface area (Å²) in [6.07, 6.45) is 6.44. The number of nitrogens with one attached hydrogen (secondary N) is 1. The number of halogens is 1. The molecule has 0 bridgehead atoms. The number of hydrogen-bond acceptors (Lipinski definition) is 6. The quantitative estimate of drug-likeness (QED) is 0.598. The molecule has 2 aliphatic rings. The normalized spacial score (nSPS) is 19.3. The standard InChI is InChI=1S/C18H18ClN3O4/c1-2-14(23)17(11-3-5-20-6-4-11)22-16(24)8-15(18(22)25)26-13-7-12(19)9-21-10-13/h2,7-11,17,20H,1,3-6H2. The smallest absolute Gasteiger partial charge is 0.297 e. The molecule has 1 aromatic heterocycles. The molecule has 1 N–H and O–H groups in total. The van der Waals surface area contributed by atoms with Crippen molar-refractivity contribution in [2.75, 3.05) is 13.1 Å². The molecule has 8 heteroatoms. The maximum absolute atomic E-state index is 12.8. The van der Waals surface area contributed by atoms with Gasteiger partial charge in [0.1, 0.15) is 11.8 Å². The number of piperidine rings is 1. The summed E-state index contributed by atoms with van der Waals surface area (Å²) in [5, 5.41) is 3.54. The van der Waals surface area contributed by atoms with Gasteiger partial charge in [-0.25, -0.2) is 0 Å². The Morgan fingerprint density at radius 2 is 2.12 bits per heavy atom. The molecule has 0 aromatic carbocycles. The van der Waals surface area contributed by atoms with Gasteiger partial charge in [-0.1, -0.05) is 18.2 Å². The molecule has 0 saturated carbocycles. The fraction of sp³-hybridized carbons (Fsp3) is 0.333. The van der Waals surface area contributed by atoms with Crippen molar-refractivity contribution >= 4 is 29.2 Å². The largest absolute Gasteiger partial charge is 0.450 e. The highest BCUT2D eigenvalue weighted by Gasteiger charge is 2.44. The van der Waals surface area contributed by atoms with Crippen molar-refractivity contribution in [1.82, 2.24) is 15.2 Å². The average Bonchev–Trinajstić information content (AvgIpc) is 2.90. The van der Waals surface area contributed by atoms with Crippen molar-refractivity contribution in [3.63, 3.8) is 0 Å². The molecule has 0 radical (unpaired) electrons. The van der Waals surface area contributed by atoms with Crippen LogP contribution in [-0.4, -0.2) is 46.6 Å². The van der Waals surface area contributed by atoms with E-state index in [9.17, 15) is 14.4 Å². The van der Waals surface area contributed by atoms with Crippen LogP contribution in [0.5, 0.6) is 5.75 Å². The number of ether oxygens (including phenoxy) is 1. The Morgan fingerprint density at radius 3 is 2.77 bits per heavy atom. The Morgan fingerprint density at radius 1 is 1.38 bits per heavy atom. The molecule has 2 amide bonds. The number of rotatable bonds is 6. The molecule has 1 aromatic rings. The molecule has 3 heterocycles. The molecule has 3 rings (SSSR count). The first-order chi connectivity index (χ1) is 12.5. The van der Waals surface area contributed by atoms with Crippen LogP contribution in [0.15, 0.2) is 43.0 Å². The molecule has 1 fully saturated rings. The number of nitrogens with zero attached hydrogens (tertiary/aromatic N) is 2. The number of hydrogen-bond donors (Lipinski definition) is 1. The van der Waals surface area contributed by atoms with Crippen LogP contribution < -0.4 is 10.1 Å². The van der Waals surface area contributed by atoms with Gasteiger partial charge in [-0.15, -0.1) is 0 Å². The van der Waals surface area contributed by atoms with E-state index < -0.39 is 17.9 Å². The Kier molecular flexibility index (Phi) is 5.49. The number of ketones is 1. The van der Waals surface area contributed by atoms with Gasteiger partial charge in [-0.05, 0) is 37.9 Å². The monoisotopic (exact) mass is 375 g/mol. The molecule has 26 heavy (non-hydrogen) atoms. The minimum atomic E-state index is -0.871. The average molecular weight is 376 g/mol. The maximum Gasteiger partial charge on any atom is 0.297 e. The van der Waals surface area contributed by atoms with Gasteiger partial charge in [0.25, 0.3) is 11.8 Å². The van der Waals surface area contributed by atoms with Crippen molar-refractivity contribution in [3.8, 4) is 5.75 Å². The van der Waals surface area contributed by atoms with Crippen LogP contribution in [0.2, 0.25) is 5.02 Å². The molecule has 1 unspecified atom stereocenters. The summed E-state index contributed by atoms with van der Waals surface area (Å²) in [5.74, 6) is -1.60. The van der Waals surface area contributed by atoms with Gasteiger partial charge in [0.2, 0.25) is 0 Å². The number of imide groups is 1. The van der Waals surface area contributed by atoms with Crippen LogP contribution in [-0.2, 0) is 14.4 Å². The molecule has 2 aliphatic heterocycles. The topological polar surface area (TPSA) is 88.6 Å². The lowest BCUT2D eigenvalue weighted by molar-refractivity contribution is -0.146. The second-order valence-electron chi connectivity index (χ2n) is 6.10. The van der Waals surface area contributed by atoms with Gasteiger partial charge >= 0.3 is 0 Å². The first-order valence-electron chi connectivity index (χ1n) is 8.26. The molecule has 1 saturated heterocycles. The Hall–Kier alpha value is -2.51. The van der Waals surface area contributed by atoms with Crippen molar-refractivity contribution in [2.24, 2.45) is 5.92 Å². The van der Waals surface area contributed by atoms with Gasteiger partial charge in [0, 0.05) is 12.3 Å².